The van der Waals surface area contributed by atoms with Gasteiger partial charge in [0.25, 0.3) is 5.91 Å². The molecule has 0 saturated carbocycles. The lowest BCUT2D eigenvalue weighted by molar-refractivity contribution is -0.118. The van der Waals surface area contributed by atoms with E-state index in [9.17, 15) is 9.59 Å². The van der Waals surface area contributed by atoms with Crippen molar-refractivity contribution >= 4 is 46.4 Å². The predicted octanol–water partition coefficient (Wildman–Crippen LogP) is 2.96. The Morgan fingerprint density at radius 1 is 1.12 bits per heavy atom. The molecule has 9 heteroatoms. The van der Waals surface area contributed by atoms with Gasteiger partial charge in [0.05, 0.1) is 28.0 Å². The molecule has 1 aromatic heterocycles. The summed E-state index contributed by atoms with van der Waals surface area (Å²) in [5, 5.41) is 5.55. The first-order valence-electron chi connectivity index (χ1n) is 7.42. The maximum absolute atomic E-state index is 12.1. The summed E-state index contributed by atoms with van der Waals surface area (Å²) in [5.74, 6) is -0.870. The van der Waals surface area contributed by atoms with E-state index in [0.29, 0.717) is 5.69 Å². The molecule has 0 aliphatic heterocycles. The molecule has 2 amide bonds. The molecule has 0 unspecified atom stereocenters. The topological polar surface area (TPSA) is 110 Å². The molecule has 0 radical (unpaired) electrons. The van der Waals surface area contributed by atoms with Gasteiger partial charge in [-0.3, -0.25) is 14.6 Å². The minimum absolute atomic E-state index is 0.0171. The molecule has 0 spiro atoms. The van der Waals surface area contributed by atoms with E-state index in [-0.39, 0.29) is 33.3 Å². The molecule has 4 N–H and O–H groups in total. The fourth-order valence-electron chi connectivity index (χ4n) is 1.89. The normalized spacial score (nSPS) is 11.9. The van der Waals surface area contributed by atoms with Crippen molar-refractivity contribution < 1.29 is 9.59 Å². The fourth-order valence-corrected chi connectivity index (χ4v) is 2.47. The highest BCUT2D eigenvalue weighted by Gasteiger charge is 2.19. The van der Waals surface area contributed by atoms with Crippen molar-refractivity contribution in [1.82, 2.24) is 9.97 Å². The molecule has 0 bridgehead atoms. The van der Waals surface area contributed by atoms with E-state index in [1.807, 2.05) is 13.8 Å². The molecule has 1 heterocycles. The van der Waals surface area contributed by atoms with Crippen LogP contribution in [0.3, 0.4) is 0 Å². The molecule has 132 valence electrons. The number of carbonyl (C=O) groups is 2. The minimum atomic E-state index is -0.659. The van der Waals surface area contributed by atoms with Gasteiger partial charge in [-0.15, -0.1) is 0 Å². The summed E-state index contributed by atoms with van der Waals surface area (Å²) in [7, 11) is 0. The highest BCUT2D eigenvalue weighted by Crippen LogP contribution is 2.34. The van der Waals surface area contributed by atoms with Gasteiger partial charge in [0.2, 0.25) is 5.91 Å². The zero-order chi connectivity index (χ0) is 18.6. The second kappa shape index (κ2) is 8.24. The fraction of sp³-hybridized carbons (Fsp3) is 0.250. The number of hydrogen-bond acceptors (Lipinski definition) is 5. The van der Waals surface area contributed by atoms with Crippen molar-refractivity contribution in [1.29, 1.82) is 0 Å². The van der Waals surface area contributed by atoms with Gasteiger partial charge in [0, 0.05) is 18.1 Å². The molecule has 0 aliphatic carbocycles. The minimum Gasteiger partial charge on any atom is -0.325 e. The summed E-state index contributed by atoms with van der Waals surface area (Å²) < 4.78 is 0. The predicted molar refractivity (Wildman–Crippen MR) is 97.9 cm³/mol. The zero-order valence-electron chi connectivity index (χ0n) is 13.6. The van der Waals surface area contributed by atoms with Crippen LogP contribution < -0.4 is 16.4 Å². The standard InChI is InChI=1S/C16H17Cl2N5O2/c1-8(2)13(19)16(25)22-9-5-10(17)14(11(18)6-9)23-15(24)12-7-20-3-4-21-12/h3-8,13H,19H2,1-2H3,(H,22,25)(H,23,24)/t13-/m0/s1. The third-order valence-electron chi connectivity index (χ3n) is 3.36. The van der Waals surface area contributed by atoms with Crippen molar-refractivity contribution in [2.24, 2.45) is 11.7 Å². The van der Waals surface area contributed by atoms with Crippen LogP contribution in [-0.2, 0) is 4.79 Å². The number of aromatic nitrogens is 2. The van der Waals surface area contributed by atoms with Crippen molar-refractivity contribution in [3.05, 3.63) is 46.5 Å². The van der Waals surface area contributed by atoms with E-state index < -0.39 is 11.9 Å². The number of nitrogens with one attached hydrogen (secondary N) is 2. The maximum atomic E-state index is 12.1. The van der Waals surface area contributed by atoms with Crippen LogP contribution in [0.5, 0.6) is 0 Å². The number of rotatable bonds is 5. The Balaban J connectivity index is 2.17. The second-order valence-electron chi connectivity index (χ2n) is 5.62. The molecule has 2 rings (SSSR count). The van der Waals surface area contributed by atoms with Crippen LogP contribution in [0.2, 0.25) is 10.0 Å². The van der Waals surface area contributed by atoms with Crippen LogP contribution in [0.1, 0.15) is 24.3 Å². The number of amides is 2. The highest BCUT2D eigenvalue weighted by atomic mass is 35.5. The SMILES string of the molecule is CC(C)[C@H](N)C(=O)Nc1cc(Cl)c(NC(=O)c2cnccn2)c(Cl)c1. The van der Waals surface area contributed by atoms with Gasteiger partial charge in [-0.05, 0) is 18.1 Å². The smallest absolute Gasteiger partial charge is 0.275 e. The van der Waals surface area contributed by atoms with Gasteiger partial charge in [-0.2, -0.15) is 0 Å². The van der Waals surface area contributed by atoms with E-state index in [2.05, 4.69) is 20.6 Å². The van der Waals surface area contributed by atoms with Crippen LogP contribution in [0.15, 0.2) is 30.7 Å². The average molecular weight is 382 g/mol. The lowest BCUT2D eigenvalue weighted by atomic mass is 10.0. The quantitative estimate of drug-likeness (QED) is 0.737. The number of benzene rings is 1. The van der Waals surface area contributed by atoms with Crippen molar-refractivity contribution in [2.45, 2.75) is 19.9 Å². The van der Waals surface area contributed by atoms with Gasteiger partial charge < -0.3 is 16.4 Å². The molecule has 1 aromatic carbocycles. The van der Waals surface area contributed by atoms with E-state index in [4.69, 9.17) is 28.9 Å². The van der Waals surface area contributed by atoms with Gasteiger partial charge >= 0.3 is 0 Å². The summed E-state index contributed by atoms with van der Waals surface area (Å²) in [6, 6.07) is 2.29. The molecule has 1 atom stereocenters. The monoisotopic (exact) mass is 381 g/mol. The molecule has 7 nitrogen and oxygen atoms in total. The second-order valence-corrected chi connectivity index (χ2v) is 6.43. The Labute approximate surface area is 154 Å². The number of anilines is 2. The number of nitrogens with zero attached hydrogens (tertiary/aromatic N) is 2. The third kappa shape index (κ3) is 4.88. The maximum Gasteiger partial charge on any atom is 0.275 e. The lowest BCUT2D eigenvalue weighted by Crippen LogP contribution is -2.39. The van der Waals surface area contributed by atoms with Gasteiger partial charge in [0.1, 0.15) is 5.69 Å². The Morgan fingerprint density at radius 3 is 2.28 bits per heavy atom. The largest absolute Gasteiger partial charge is 0.325 e. The van der Waals surface area contributed by atoms with E-state index >= 15 is 0 Å². The average Bonchev–Trinajstić information content (AvgIpc) is 2.57. The Morgan fingerprint density at radius 2 is 1.76 bits per heavy atom. The summed E-state index contributed by atoms with van der Waals surface area (Å²) in [5.41, 5.74) is 6.51. The van der Waals surface area contributed by atoms with Crippen LogP contribution >= 0.6 is 23.2 Å². The molecule has 0 fully saturated rings. The van der Waals surface area contributed by atoms with Crippen LogP contribution in [-0.4, -0.2) is 27.8 Å². The van der Waals surface area contributed by atoms with Crippen LogP contribution in [0.4, 0.5) is 11.4 Å². The van der Waals surface area contributed by atoms with Crippen molar-refractivity contribution in [2.75, 3.05) is 10.6 Å². The molecule has 0 saturated heterocycles. The molecular formula is C16H17Cl2N5O2. The number of hydrogen-bond donors (Lipinski definition) is 3. The van der Waals surface area contributed by atoms with Gasteiger partial charge in [0.15, 0.2) is 0 Å². The van der Waals surface area contributed by atoms with E-state index in [1.165, 1.54) is 30.7 Å². The first-order valence-corrected chi connectivity index (χ1v) is 8.18. The van der Waals surface area contributed by atoms with E-state index in [0.717, 1.165) is 0 Å². The van der Waals surface area contributed by atoms with Gasteiger partial charge in [-0.1, -0.05) is 37.0 Å². The van der Waals surface area contributed by atoms with Crippen molar-refractivity contribution in [3.63, 3.8) is 0 Å². The first-order chi connectivity index (χ1) is 11.8. The molecule has 25 heavy (non-hydrogen) atoms. The summed E-state index contributed by atoms with van der Waals surface area (Å²) in [6.45, 7) is 3.69. The van der Waals surface area contributed by atoms with Crippen LogP contribution in [0, 0.1) is 5.92 Å². The van der Waals surface area contributed by atoms with Crippen molar-refractivity contribution in [3.8, 4) is 0 Å². The zero-order valence-corrected chi connectivity index (χ0v) is 15.1. The summed E-state index contributed by atoms with van der Waals surface area (Å²) in [6.07, 6.45) is 4.17. The Bertz CT molecular complexity index is 760. The van der Waals surface area contributed by atoms with Gasteiger partial charge in [-0.25, -0.2) is 4.98 Å². The van der Waals surface area contributed by atoms with Crippen LogP contribution in [0.25, 0.3) is 0 Å². The number of halogens is 2. The Hall–Kier alpha value is -2.22. The Kier molecular flexibility index (Phi) is 6.30. The number of nitrogens with two attached hydrogens (primary N) is 1. The lowest BCUT2D eigenvalue weighted by Gasteiger charge is -2.16. The summed E-state index contributed by atoms with van der Waals surface area (Å²) >= 11 is 12.3. The molecule has 2 aromatic rings. The highest BCUT2D eigenvalue weighted by molar-refractivity contribution is 6.40. The molecular weight excluding hydrogens is 365 g/mol. The molecule has 0 aliphatic rings. The van der Waals surface area contributed by atoms with E-state index in [1.54, 1.807) is 0 Å². The summed E-state index contributed by atoms with van der Waals surface area (Å²) in [4.78, 5) is 31.9. The third-order valence-corrected chi connectivity index (χ3v) is 3.96. The first kappa shape index (κ1) is 19.1. The number of carbonyl (C=O) groups excluding carboxylic acids is 2.